The predicted molar refractivity (Wildman–Crippen MR) is 68.1 cm³/mol. The van der Waals surface area contributed by atoms with Crippen molar-refractivity contribution in [2.24, 2.45) is 0 Å². The van der Waals surface area contributed by atoms with E-state index in [1.807, 2.05) is 0 Å². The van der Waals surface area contributed by atoms with Crippen LogP contribution in [-0.2, 0) is 16.0 Å². The summed E-state index contributed by atoms with van der Waals surface area (Å²) < 4.78 is 32.0. The minimum Gasteiger partial charge on any atom is -0.385 e. The lowest BCUT2D eigenvalue weighted by Crippen LogP contribution is -2.47. The molecule has 2 rings (SSSR count). The van der Waals surface area contributed by atoms with Crippen LogP contribution in [0.2, 0.25) is 0 Å². The molecule has 4 nitrogen and oxygen atoms in total. The summed E-state index contributed by atoms with van der Waals surface area (Å²) in [4.78, 5) is 11.7. The zero-order chi connectivity index (χ0) is 14.8. The van der Waals surface area contributed by atoms with Crippen molar-refractivity contribution < 1.29 is 23.4 Å². The number of amides is 1. The summed E-state index contributed by atoms with van der Waals surface area (Å²) in [5.74, 6) is -2.05. The van der Waals surface area contributed by atoms with Gasteiger partial charge in [-0.05, 0) is 19.1 Å². The molecule has 0 bridgehead atoms. The molecule has 1 fully saturated rings. The van der Waals surface area contributed by atoms with Crippen LogP contribution >= 0.6 is 0 Å². The van der Waals surface area contributed by atoms with E-state index in [-0.39, 0.29) is 18.2 Å². The van der Waals surface area contributed by atoms with E-state index < -0.39 is 29.6 Å². The molecule has 20 heavy (non-hydrogen) atoms. The molecule has 0 radical (unpaired) electrons. The number of carbonyl (C=O) groups is 1. The highest BCUT2D eigenvalue weighted by atomic mass is 19.1. The smallest absolute Gasteiger partial charge is 0.224 e. The van der Waals surface area contributed by atoms with Crippen molar-refractivity contribution in [1.82, 2.24) is 5.32 Å². The minimum absolute atomic E-state index is 0.00305. The molecule has 1 saturated heterocycles. The second-order valence-corrected chi connectivity index (χ2v) is 5.02. The molecular weight excluding hydrogens is 268 g/mol. The minimum atomic E-state index is -1.12. The number of carbonyl (C=O) groups excluding carboxylic acids is 1. The maximum absolute atomic E-state index is 13.4. The molecule has 1 heterocycles. The van der Waals surface area contributed by atoms with Crippen LogP contribution in [0.15, 0.2) is 18.2 Å². The number of rotatable bonds is 4. The fourth-order valence-corrected chi connectivity index (χ4v) is 2.18. The van der Waals surface area contributed by atoms with E-state index in [2.05, 4.69) is 5.32 Å². The van der Waals surface area contributed by atoms with Gasteiger partial charge in [0.25, 0.3) is 0 Å². The van der Waals surface area contributed by atoms with Crippen LogP contribution in [0, 0.1) is 11.6 Å². The summed E-state index contributed by atoms with van der Waals surface area (Å²) in [7, 11) is 0. The second-order valence-electron chi connectivity index (χ2n) is 5.02. The van der Waals surface area contributed by atoms with Crippen LogP contribution in [-0.4, -0.2) is 35.9 Å². The van der Waals surface area contributed by atoms with Gasteiger partial charge in [-0.15, -0.1) is 0 Å². The van der Waals surface area contributed by atoms with Crippen LogP contribution in [0.3, 0.4) is 0 Å². The van der Waals surface area contributed by atoms with E-state index in [0.29, 0.717) is 13.0 Å². The van der Waals surface area contributed by atoms with Gasteiger partial charge in [0.05, 0.1) is 12.5 Å². The van der Waals surface area contributed by atoms with Crippen molar-refractivity contribution in [1.29, 1.82) is 0 Å². The molecule has 2 atom stereocenters. The first-order valence-corrected chi connectivity index (χ1v) is 6.46. The van der Waals surface area contributed by atoms with E-state index >= 15 is 0 Å². The van der Waals surface area contributed by atoms with Crippen molar-refractivity contribution in [3.63, 3.8) is 0 Å². The third kappa shape index (κ3) is 3.13. The van der Waals surface area contributed by atoms with E-state index in [1.54, 1.807) is 6.92 Å². The summed E-state index contributed by atoms with van der Waals surface area (Å²) >= 11 is 0. The van der Waals surface area contributed by atoms with Gasteiger partial charge in [-0.25, -0.2) is 8.78 Å². The highest BCUT2D eigenvalue weighted by Gasteiger charge is 2.39. The Bertz CT molecular complexity index is 489. The van der Waals surface area contributed by atoms with Crippen LogP contribution in [0.25, 0.3) is 0 Å². The average Bonchev–Trinajstić information content (AvgIpc) is 2.73. The fraction of sp³-hybridized carbons (Fsp3) is 0.500. The summed E-state index contributed by atoms with van der Waals surface area (Å²) in [6.07, 6.45) is -0.361. The molecule has 0 saturated carbocycles. The number of halogens is 2. The maximum atomic E-state index is 13.4. The van der Waals surface area contributed by atoms with Crippen molar-refractivity contribution in [3.05, 3.63) is 35.4 Å². The van der Waals surface area contributed by atoms with Crippen molar-refractivity contribution in [2.75, 3.05) is 13.2 Å². The Hall–Kier alpha value is -1.53. The van der Waals surface area contributed by atoms with Gasteiger partial charge in [-0.3, -0.25) is 4.79 Å². The van der Waals surface area contributed by atoms with Gasteiger partial charge in [0.2, 0.25) is 5.91 Å². The Kier molecular flexibility index (Phi) is 4.35. The van der Waals surface area contributed by atoms with Gasteiger partial charge in [0.15, 0.2) is 0 Å². The average molecular weight is 285 g/mol. The summed E-state index contributed by atoms with van der Waals surface area (Å²) in [6.45, 7) is 2.15. The molecule has 6 heteroatoms. The van der Waals surface area contributed by atoms with Crippen LogP contribution in [0.4, 0.5) is 8.78 Å². The monoisotopic (exact) mass is 285 g/mol. The van der Waals surface area contributed by atoms with Gasteiger partial charge in [0.1, 0.15) is 17.2 Å². The summed E-state index contributed by atoms with van der Waals surface area (Å²) in [5.41, 5.74) is -1.39. The molecule has 0 aliphatic carbocycles. The lowest BCUT2D eigenvalue weighted by Gasteiger charge is -2.26. The normalized spacial score (nSPS) is 25.7. The lowest BCUT2D eigenvalue weighted by molar-refractivity contribution is -0.122. The van der Waals surface area contributed by atoms with Gasteiger partial charge in [-0.1, -0.05) is 6.07 Å². The largest absolute Gasteiger partial charge is 0.385 e. The maximum Gasteiger partial charge on any atom is 0.224 e. The van der Waals surface area contributed by atoms with Gasteiger partial charge in [0, 0.05) is 25.1 Å². The zero-order valence-corrected chi connectivity index (χ0v) is 11.2. The van der Waals surface area contributed by atoms with Gasteiger partial charge in [-0.2, -0.15) is 0 Å². The summed E-state index contributed by atoms with van der Waals surface area (Å²) in [5, 5.41) is 12.7. The van der Waals surface area contributed by atoms with Gasteiger partial charge >= 0.3 is 0 Å². The van der Waals surface area contributed by atoms with E-state index in [4.69, 9.17) is 4.74 Å². The second kappa shape index (κ2) is 5.85. The van der Waals surface area contributed by atoms with Crippen molar-refractivity contribution in [2.45, 2.75) is 31.5 Å². The number of hydrogen-bond donors (Lipinski definition) is 2. The Balaban J connectivity index is 1.93. The van der Waals surface area contributed by atoms with E-state index in [0.717, 1.165) is 12.1 Å². The first-order valence-electron chi connectivity index (χ1n) is 6.46. The number of nitrogens with one attached hydrogen (secondary N) is 1. The quantitative estimate of drug-likeness (QED) is 0.873. The topological polar surface area (TPSA) is 58.6 Å². The molecule has 1 aromatic carbocycles. The molecule has 0 spiro atoms. The van der Waals surface area contributed by atoms with Crippen molar-refractivity contribution >= 4 is 5.91 Å². The van der Waals surface area contributed by atoms with E-state index in [1.165, 1.54) is 6.07 Å². The van der Waals surface area contributed by atoms with Crippen LogP contribution in [0.5, 0.6) is 0 Å². The number of benzene rings is 1. The van der Waals surface area contributed by atoms with Crippen molar-refractivity contribution in [3.8, 4) is 0 Å². The number of aliphatic hydroxyl groups is 1. The lowest BCUT2D eigenvalue weighted by atomic mass is 9.96. The third-order valence-corrected chi connectivity index (χ3v) is 3.65. The molecule has 2 unspecified atom stereocenters. The Morgan fingerprint density at radius 2 is 2.15 bits per heavy atom. The first kappa shape index (κ1) is 14.9. The zero-order valence-electron chi connectivity index (χ0n) is 11.2. The highest BCUT2D eigenvalue weighted by molar-refractivity contribution is 5.78. The van der Waals surface area contributed by atoms with Crippen LogP contribution in [0.1, 0.15) is 18.9 Å². The Morgan fingerprint density at radius 3 is 2.70 bits per heavy atom. The molecular formula is C14H17F2NO3. The molecule has 1 aliphatic heterocycles. The fourth-order valence-electron chi connectivity index (χ4n) is 2.18. The number of hydrogen-bond acceptors (Lipinski definition) is 3. The first-order chi connectivity index (χ1) is 9.42. The molecule has 1 aliphatic rings. The molecule has 1 aromatic rings. The van der Waals surface area contributed by atoms with E-state index in [9.17, 15) is 18.7 Å². The predicted octanol–water partition coefficient (Wildman–Crippen LogP) is 1.16. The highest BCUT2D eigenvalue weighted by Crippen LogP contribution is 2.24. The summed E-state index contributed by atoms with van der Waals surface area (Å²) in [6, 6.07) is 3.45. The Morgan fingerprint density at radius 1 is 1.50 bits per heavy atom. The molecule has 110 valence electrons. The third-order valence-electron chi connectivity index (χ3n) is 3.65. The molecule has 1 amide bonds. The standard InChI is InChI=1S/C14H17F2NO3/c1-9-14(19,5-6-20-9)8-17-13(18)7-10-11(15)3-2-4-12(10)16/h2-4,9,19H,5-8H2,1H3,(H,17,18). The van der Waals surface area contributed by atoms with Crippen LogP contribution < -0.4 is 5.32 Å². The SMILES string of the molecule is CC1OCCC1(O)CNC(=O)Cc1c(F)cccc1F. The van der Waals surface area contributed by atoms with Gasteiger partial charge < -0.3 is 15.2 Å². The molecule has 2 N–H and O–H groups in total. The number of ether oxygens (including phenoxy) is 1. The molecule has 0 aromatic heterocycles. The Labute approximate surface area is 115 Å².